The third-order valence-electron chi connectivity index (χ3n) is 1.73. The van der Waals surface area contributed by atoms with E-state index >= 15 is 0 Å². The highest BCUT2D eigenvalue weighted by atomic mass is 32.2. The van der Waals surface area contributed by atoms with Crippen LogP contribution >= 0.6 is 11.8 Å². The van der Waals surface area contributed by atoms with Crippen LogP contribution in [0.2, 0.25) is 0 Å². The fourth-order valence-electron chi connectivity index (χ4n) is 1.18. The molecule has 12 heavy (non-hydrogen) atoms. The van der Waals surface area contributed by atoms with Gasteiger partial charge in [0.15, 0.2) is 5.44 Å². The van der Waals surface area contributed by atoms with Gasteiger partial charge in [0, 0.05) is 6.42 Å². The second kappa shape index (κ2) is 3.23. The number of benzene rings is 1. The zero-order valence-electron chi connectivity index (χ0n) is 6.69. The Morgan fingerprint density at radius 2 is 2.33 bits per heavy atom. The normalized spacial score (nSPS) is 19.8. The van der Waals surface area contributed by atoms with Gasteiger partial charge in [-0.05, 0) is 12.1 Å². The number of fused-ring (bicyclic) bond motifs is 1. The van der Waals surface area contributed by atoms with Crippen molar-refractivity contribution in [3.8, 4) is 5.75 Å². The molecule has 0 fully saturated rings. The summed E-state index contributed by atoms with van der Waals surface area (Å²) >= 11 is 1.77. The summed E-state index contributed by atoms with van der Waals surface area (Å²) in [5, 5.41) is 0. The molecular formula is C10H10OS. The summed E-state index contributed by atoms with van der Waals surface area (Å²) in [5.74, 6) is 1.01. The lowest BCUT2D eigenvalue weighted by molar-refractivity contribution is 0.298. The Hall–Kier alpha value is -0.890. The summed E-state index contributed by atoms with van der Waals surface area (Å²) < 4.78 is 5.64. The van der Waals surface area contributed by atoms with Gasteiger partial charge in [0.2, 0.25) is 0 Å². The molecule has 0 aliphatic carbocycles. The lowest BCUT2D eigenvalue weighted by atomic mass is 10.3. The van der Waals surface area contributed by atoms with E-state index in [1.807, 2.05) is 24.3 Å². The molecule has 1 heterocycles. The van der Waals surface area contributed by atoms with Crippen LogP contribution in [0.5, 0.6) is 5.75 Å². The molecule has 0 amide bonds. The number of hydrogen-bond acceptors (Lipinski definition) is 2. The second-order valence-electron chi connectivity index (χ2n) is 2.64. The Morgan fingerprint density at radius 3 is 3.08 bits per heavy atom. The molecule has 0 radical (unpaired) electrons. The van der Waals surface area contributed by atoms with E-state index in [4.69, 9.17) is 4.74 Å². The molecule has 0 bridgehead atoms. The minimum Gasteiger partial charge on any atom is -0.478 e. The topological polar surface area (TPSA) is 9.23 Å². The molecule has 0 saturated carbocycles. The first-order chi connectivity index (χ1) is 5.90. The molecule has 1 aromatic carbocycles. The summed E-state index contributed by atoms with van der Waals surface area (Å²) in [6.07, 6.45) is 2.79. The van der Waals surface area contributed by atoms with Gasteiger partial charge in [0.05, 0.1) is 4.90 Å². The number of thioether (sulfide) groups is 1. The van der Waals surface area contributed by atoms with Crippen molar-refractivity contribution >= 4 is 11.8 Å². The molecule has 62 valence electrons. The average Bonchev–Trinajstić information content (AvgIpc) is 2.47. The summed E-state index contributed by atoms with van der Waals surface area (Å²) in [7, 11) is 0. The van der Waals surface area contributed by atoms with Gasteiger partial charge in [0.25, 0.3) is 0 Å². The summed E-state index contributed by atoms with van der Waals surface area (Å²) in [5.41, 5.74) is 0.236. The van der Waals surface area contributed by atoms with E-state index in [0.29, 0.717) is 0 Å². The van der Waals surface area contributed by atoms with Crippen LogP contribution in [0, 0.1) is 0 Å². The van der Waals surface area contributed by atoms with Crippen molar-refractivity contribution in [2.75, 3.05) is 0 Å². The minimum atomic E-state index is 0.236. The first-order valence-corrected chi connectivity index (χ1v) is 4.81. The van der Waals surface area contributed by atoms with Gasteiger partial charge in [-0.1, -0.05) is 30.0 Å². The van der Waals surface area contributed by atoms with Crippen LogP contribution in [0.3, 0.4) is 0 Å². The summed E-state index contributed by atoms with van der Waals surface area (Å²) in [6.45, 7) is 3.69. The number of rotatable bonds is 2. The Bertz CT molecular complexity index is 271. The molecule has 0 saturated heterocycles. The number of para-hydroxylation sites is 1. The molecule has 2 rings (SSSR count). The fraction of sp³-hybridized carbons (Fsp3) is 0.200. The number of hydrogen-bond donors (Lipinski definition) is 0. The molecular weight excluding hydrogens is 168 g/mol. The molecule has 1 atom stereocenters. The van der Waals surface area contributed by atoms with Crippen molar-refractivity contribution in [2.45, 2.75) is 16.8 Å². The quantitative estimate of drug-likeness (QED) is 0.644. The van der Waals surface area contributed by atoms with E-state index in [0.717, 1.165) is 12.2 Å². The van der Waals surface area contributed by atoms with Crippen molar-refractivity contribution in [3.63, 3.8) is 0 Å². The van der Waals surface area contributed by atoms with Gasteiger partial charge in [-0.25, -0.2) is 0 Å². The molecule has 0 aromatic heterocycles. The smallest absolute Gasteiger partial charge is 0.152 e. The van der Waals surface area contributed by atoms with Crippen molar-refractivity contribution in [1.29, 1.82) is 0 Å². The van der Waals surface area contributed by atoms with Crippen molar-refractivity contribution in [1.82, 2.24) is 0 Å². The highest BCUT2D eigenvalue weighted by molar-refractivity contribution is 8.00. The third kappa shape index (κ3) is 1.34. The van der Waals surface area contributed by atoms with Gasteiger partial charge in [-0.3, -0.25) is 0 Å². The second-order valence-corrected chi connectivity index (χ2v) is 3.84. The molecule has 1 aliphatic rings. The largest absolute Gasteiger partial charge is 0.478 e. The first-order valence-electron chi connectivity index (χ1n) is 3.93. The minimum absolute atomic E-state index is 0.236. The van der Waals surface area contributed by atoms with Crippen molar-refractivity contribution in [2.24, 2.45) is 0 Å². The summed E-state index contributed by atoms with van der Waals surface area (Å²) in [4.78, 5) is 1.24. The van der Waals surface area contributed by atoms with Crippen LogP contribution in [-0.2, 0) is 0 Å². The van der Waals surface area contributed by atoms with Crippen molar-refractivity contribution in [3.05, 3.63) is 36.9 Å². The van der Waals surface area contributed by atoms with E-state index in [2.05, 4.69) is 12.6 Å². The molecule has 1 unspecified atom stereocenters. The van der Waals surface area contributed by atoms with Gasteiger partial charge in [0.1, 0.15) is 5.75 Å². The van der Waals surface area contributed by atoms with E-state index in [-0.39, 0.29) is 5.44 Å². The Labute approximate surface area is 76.4 Å². The van der Waals surface area contributed by atoms with Crippen LogP contribution < -0.4 is 4.74 Å². The van der Waals surface area contributed by atoms with Crippen LogP contribution in [0.4, 0.5) is 0 Å². The van der Waals surface area contributed by atoms with E-state index in [1.165, 1.54) is 4.90 Å². The predicted octanol–water partition coefficient (Wildman–Crippen LogP) is 3.07. The fourth-order valence-corrected chi connectivity index (χ4v) is 2.24. The SMILES string of the molecule is C=CCC1Oc2ccccc2S1. The van der Waals surface area contributed by atoms with Gasteiger partial charge >= 0.3 is 0 Å². The van der Waals surface area contributed by atoms with Crippen LogP contribution in [-0.4, -0.2) is 5.44 Å². The maximum Gasteiger partial charge on any atom is 0.152 e. The van der Waals surface area contributed by atoms with Crippen LogP contribution in [0.15, 0.2) is 41.8 Å². The van der Waals surface area contributed by atoms with Gasteiger partial charge in [-0.2, -0.15) is 0 Å². The molecule has 0 N–H and O–H groups in total. The molecule has 2 heteroatoms. The Kier molecular flexibility index (Phi) is 2.09. The lowest BCUT2D eigenvalue weighted by Gasteiger charge is -2.04. The number of ether oxygens (including phenoxy) is 1. The highest BCUT2D eigenvalue weighted by Gasteiger charge is 2.21. The molecule has 0 spiro atoms. The Balaban J connectivity index is 2.16. The van der Waals surface area contributed by atoms with Crippen molar-refractivity contribution < 1.29 is 4.74 Å². The predicted molar refractivity (Wildman–Crippen MR) is 51.5 cm³/mol. The highest BCUT2D eigenvalue weighted by Crippen LogP contribution is 2.41. The monoisotopic (exact) mass is 178 g/mol. The maximum absolute atomic E-state index is 5.64. The zero-order chi connectivity index (χ0) is 8.39. The van der Waals surface area contributed by atoms with E-state index in [1.54, 1.807) is 11.8 Å². The van der Waals surface area contributed by atoms with E-state index in [9.17, 15) is 0 Å². The van der Waals surface area contributed by atoms with Crippen LogP contribution in [0.1, 0.15) is 6.42 Å². The molecule has 1 aliphatic heterocycles. The molecule has 1 aromatic rings. The lowest BCUT2D eigenvalue weighted by Crippen LogP contribution is -2.04. The summed E-state index contributed by atoms with van der Waals surface area (Å²) in [6, 6.07) is 8.12. The van der Waals surface area contributed by atoms with Gasteiger partial charge < -0.3 is 4.74 Å². The zero-order valence-corrected chi connectivity index (χ0v) is 7.51. The average molecular weight is 178 g/mol. The van der Waals surface area contributed by atoms with E-state index < -0.39 is 0 Å². The first kappa shape index (κ1) is 7.74. The maximum atomic E-state index is 5.64. The van der Waals surface area contributed by atoms with Gasteiger partial charge in [-0.15, -0.1) is 6.58 Å². The van der Waals surface area contributed by atoms with Crippen LogP contribution in [0.25, 0.3) is 0 Å². The standard InChI is InChI=1S/C10H10OS/c1-2-5-10-11-8-6-3-4-7-9(8)12-10/h2-4,6-7,10H,1,5H2. The molecule has 1 nitrogen and oxygen atoms in total. The Morgan fingerprint density at radius 1 is 1.50 bits per heavy atom. The third-order valence-corrected chi connectivity index (χ3v) is 2.87.